The lowest BCUT2D eigenvalue weighted by Crippen LogP contribution is -2.28. The molecule has 0 atom stereocenters. The summed E-state index contributed by atoms with van der Waals surface area (Å²) in [6.07, 6.45) is 1.44. The highest BCUT2D eigenvalue weighted by atomic mass is 32.1. The van der Waals surface area contributed by atoms with Crippen molar-refractivity contribution in [1.82, 2.24) is 19.3 Å². The van der Waals surface area contributed by atoms with Crippen molar-refractivity contribution in [3.05, 3.63) is 62.8 Å². The van der Waals surface area contributed by atoms with Gasteiger partial charge in [0.25, 0.3) is 5.56 Å². The Bertz CT molecular complexity index is 1350. The Morgan fingerprint density at radius 2 is 1.93 bits per heavy atom. The highest BCUT2D eigenvalue weighted by Crippen LogP contribution is 2.31. The standard InChI is InChI=1S/C22H23N5O2S/c1-12-6-7-16(8-13(12)2)17-10-30-21-19(17)22(29)27(11-23-21)9-18(28)24-20-14(3)25-26(5)15(20)4/h6-8,10-11H,9H2,1-5H3,(H,24,28). The average Bonchev–Trinajstić information content (AvgIpc) is 3.23. The summed E-state index contributed by atoms with van der Waals surface area (Å²) in [5, 5.41) is 9.68. The summed E-state index contributed by atoms with van der Waals surface area (Å²) in [4.78, 5) is 30.9. The number of anilines is 1. The fraction of sp³-hybridized carbons (Fsp3) is 0.273. The third-order valence-electron chi connectivity index (χ3n) is 5.47. The molecule has 4 aromatic rings. The van der Waals surface area contributed by atoms with E-state index in [-0.39, 0.29) is 18.0 Å². The van der Waals surface area contributed by atoms with Gasteiger partial charge in [-0.05, 0) is 44.4 Å². The fourth-order valence-corrected chi connectivity index (χ4v) is 4.40. The molecule has 30 heavy (non-hydrogen) atoms. The second-order valence-electron chi connectivity index (χ2n) is 7.52. The quantitative estimate of drug-likeness (QED) is 0.544. The molecule has 1 aromatic carbocycles. The van der Waals surface area contributed by atoms with Crippen molar-refractivity contribution in [3.63, 3.8) is 0 Å². The third kappa shape index (κ3) is 3.43. The molecule has 0 radical (unpaired) electrons. The molecule has 0 fully saturated rings. The van der Waals surface area contributed by atoms with Crippen molar-refractivity contribution >= 4 is 33.1 Å². The largest absolute Gasteiger partial charge is 0.321 e. The van der Waals surface area contributed by atoms with E-state index in [1.165, 1.54) is 27.8 Å². The van der Waals surface area contributed by atoms with E-state index in [1.807, 2.05) is 32.3 Å². The molecule has 3 aromatic heterocycles. The molecule has 154 valence electrons. The topological polar surface area (TPSA) is 81.8 Å². The molecule has 0 saturated heterocycles. The Balaban J connectivity index is 1.69. The van der Waals surface area contributed by atoms with Crippen LogP contribution in [0.3, 0.4) is 0 Å². The molecule has 0 aliphatic rings. The summed E-state index contributed by atoms with van der Waals surface area (Å²) < 4.78 is 3.07. The Morgan fingerprint density at radius 3 is 2.60 bits per heavy atom. The van der Waals surface area contributed by atoms with E-state index >= 15 is 0 Å². The second kappa shape index (κ2) is 7.53. The predicted molar refractivity (Wildman–Crippen MR) is 120 cm³/mol. The summed E-state index contributed by atoms with van der Waals surface area (Å²) in [5.74, 6) is -0.291. The average molecular weight is 422 g/mol. The van der Waals surface area contributed by atoms with Gasteiger partial charge in [0.2, 0.25) is 5.91 Å². The van der Waals surface area contributed by atoms with E-state index in [9.17, 15) is 9.59 Å². The van der Waals surface area contributed by atoms with Crippen LogP contribution >= 0.6 is 11.3 Å². The maximum atomic E-state index is 13.2. The van der Waals surface area contributed by atoms with Gasteiger partial charge in [0, 0.05) is 18.0 Å². The fourth-order valence-electron chi connectivity index (χ4n) is 3.49. The number of fused-ring (bicyclic) bond motifs is 1. The number of benzene rings is 1. The van der Waals surface area contributed by atoms with Crippen molar-refractivity contribution in [2.75, 3.05) is 5.32 Å². The van der Waals surface area contributed by atoms with Gasteiger partial charge < -0.3 is 5.32 Å². The number of rotatable bonds is 4. The molecule has 0 spiro atoms. The van der Waals surface area contributed by atoms with Crippen LogP contribution in [0.25, 0.3) is 21.3 Å². The highest BCUT2D eigenvalue weighted by Gasteiger charge is 2.17. The SMILES string of the molecule is Cc1ccc(-c2csc3ncn(CC(=O)Nc4c(C)nn(C)c4C)c(=O)c23)cc1C. The minimum Gasteiger partial charge on any atom is -0.321 e. The summed E-state index contributed by atoms with van der Waals surface area (Å²) >= 11 is 1.43. The number of hydrogen-bond acceptors (Lipinski definition) is 5. The minimum atomic E-state index is -0.291. The zero-order valence-electron chi connectivity index (χ0n) is 17.6. The van der Waals surface area contributed by atoms with Crippen molar-refractivity contribution in [2.24, 2.45) is 7.05 Å². The molecular weight excluding hydrogens is 398 g/mol. The third-order valence-corrected chi connectivity index (χ3v) is 6.35. The predicted octanol–water partition coefficient (Wildman–Crippen LogP) is 3.73. The summed E-state index contributed by atoms with van der Waals surface area (Å²) in [7, 11) is 1.82. The van der Waals surface area contributed by atoms with Gasteiger partial charge in [-0.1, -0.05) is 18.2 Å². The Morgan fingerprint density at radius 1 is 1.17 bits per heavy atom. The molecule has 1 amide bonds. The Hall–Kier alpha value is -3.26. The van der Waals surface area contributed by atoms with Gasteiger partial charge in [0.15, 0.2) is 0 Å². The van der Waals surface area contributed by atoms with Crippen molar-refractivity contribution in [1.29, 1.82) is 0 Å². The molecule has 0 unspecified atom stereocenters. The number of carbonyl (C=O) groups excluding carboxylic acids is 1. The van der Waals surface area contributed by atoms with Crippen LogP contribution < -0.4 is 10.9 Å². The van der Waals surface area contributed by atoms with Crippen molar-refractivity contribution in [2.45, 2.75) is 34.2 Å². The molecule has 0 bridgehead atoms. The number of nitrogens with one attached hydrogen (secondary N) is 1. The molecule has 4 rings (SSSR count). The smallest absolute Gasteiger partial charge is 0.263 e. The highest BCUT2D eigenvalue weighted by molar-refractivity contribution is 7.17. The molecule has 0 aliphatic carbocycles. The maximum Gasteiger partial charge on any atom is 0.263 e. The van der Waals surface area contributed by atoms with E-state index in [4.69, 9.17) is 0 Å². The first-order valence-corrected chi connectivity index (χ1v) is 10.5. The van der Waals surface area contributed by atoms with Gasteiger partial charge in [-0.3, -0.25) is 18.8 Å². The summed E-state index contributed by atoms with van der Waals surface area (Å²) in [5.41, 5.74) is 6.25. The van der Waals surface area contributed by atoms with Crippen LogP contribution in [0.15, 0.2) is 34.7 Å². The molecule has 0 aliphatic heterocycles. The number of aromatic nitrogens is 4. The van der Waals surface area contributed by atoms with Crippen LogP contribution in [0.2, 0.25) is 0 Å². The zero-order chi connectivity index (χ0) is 21.6. The van der Waals surface area contributed by atoms with E-state index < -0.39 is 0 Å². The van der Waals surface area contributed by atoms with Gasteiger partial charge in [0.1, 0.15) is 11.4 Å². The van der Waals surface area contributed by atoms with Crippen LogP contribution in [-0.4, -0.2) is 25.2 Å². The zero-order valence-corrected chi connectivity index (χ0v) is 18.4. The first-order chi connectivity index (χ1) is 14.3. The monoisotopic (exact) mass is 421 g/mol. The molecule has 0 saturated carbocycles. The van der Waals surface area contributed by atoms with Crippen LogP contribution in [0.1, 0.15) is 22.5 Å². The lowest BCUT2D eigenvalue weighted by molar-refractivity contribution is -0.116. The summed E-state index contributed by atoms with van der Waals surface area (Å²) in [6.45, 7) is 7.72. The minimum absolute atomic E-state index is 0.113. The summed E-state index contributed by atoms with van der Waals surface area (Å²) in [6, 6.07) is 6.14. The number of thiophene rings is 1. The first kappa shape index (κ1) is 20.0. The molecule has 1 N–H and O–H groups in total. The molecule has 3 heterocycles. The van der Waals surface area contributed by atoms with E-state index in [1.54, 1.807) is 4.68 Å². The Labute approximate surface area is 178 Å². The maximum absolute atomic E-state index is 13.2. The van der Waals surface area contributed by atoms with Gasteiger partial charge in [-0.25, -0.2) is 4.98 Å². The second-order valence-corrected chi connectivity index (χ2v) is 8.38. The van der Waals surface area contributed by atoms with E-state index in [2.05, 4.69) is 41.4 Å². The molecule has 7 nitrogen and oxygen atoms in total. The normalized spacial score (nSPS) is 11.2. The lowest BCUT2D eigenvalue weighted by atomic mass is 10.0. The number of aryl methyl sites for hydroxylation is 4. The lowest BCUT2D eigenvalue weighted by Gasteiger charge is -2.09. The number of amides is 1. The van der Waals surface area contributed by atoms with Crippen LogP contribution in [0.4, 0.5) is 5.69 Å². The Kier molecular flexibility index (Phi) is 5.03. The van der Waals surface area contributed by atoms with Crippen LogP contribution in [0, 0.1) is 27.7 Å². The van der Waals surface area contributed by atoms with E-state index in [0.717, 1.165) is 28.1 Å². The van der Waals surface area contributed by atoms with Gasteiger partial charge in [-0.15, -0.1) is 11.3 Å². The van der Waals surface area contributed by atoms with Gasteiger partial charge >= 0.3 is 0 Å². The van der Waals surface area contributed by atoms with Crippen LogP contribution in [0.5, 0.6) is 0 Å². The number of nitrogens with zero attached hydrogens (tertiary/aromatic N) is 4. The molecule has 8 heteroatoms. The van der Waals surface area contributed by atoms with Gasteiger partial charge in [-0.2, -0.15) is 5.10 Å². The number of hydrogen-bond donors (Lipinski definition) is 1. The van der Waals surface area contributed by atoms with Crippen LogP contribution in [-0.2, 0) is 18.4 Å². The van der Waals surface area contributed by atoms with Gasteiger partial charge in [0.05, 0.1) is 28.8 Å². The first-order valence-electron chi connectivity index (χ1n) is 9.60. The van der Waals surface area contributed by atoms with Crippen molar-refractivity contribution < 1.29 is 4.79 Å². The van der Waals surface area contributed by atoms with E-state index in [0.29, 0.717) is 15.9 Å². The molecular formula is C22H23N5O2S. The van der Waals surface area contributed by atoms with Crippen molar-refractivity contribution in [3.8, 4) is 11.1 Å². The number of carbonyl (C=O) groups is 1.